The highest BCUT2D eigenvalue weighted by molar-refractivity contribution is 7.89. The van der Waals surface area contributed by atoms with Crippen LogP contribution < -0.4 is 25.7 Å². The number of guanidine groups is 1. The van der Waals surface area contributed by atoms with Gasteiger partial charge >= 0.3 is 5.97 Å². The second-order valence-electron chi connectivity index (χ2n) is 8.35. The molecule has 0 unspecified atom stereocenters. The first-order valence-corrected chi connectivity index (χ1v) is 13.2. The number of aliphatic carboxylic acids is 1. The van der Waals surface area contributed by atoms with Crippen LogP contribution in [0.1, 0.15) is 32.6 Å². The molecule has 0 bridgehead atoms. The molecule has 0 saturated carbocycles. The first-order valence-electron chi connectivity index (χ1n) is 11.8. The maximum atomic E-state index is 13.3. The summed E-state index contributed by atoms with van der Waals surface area (Å²) in [5.41, 5.74) is 10.7. The summed E-state index contributed by atoms with van der Waals surface area (Å²) in [7, 11) is -1.19. The molecule has 2 aromatic rings. The number of carbonyl (C=O) groups excluding carboxylic acids is 1. The summed E-state index contributed by atoms with van der Waals surface area (Å²) in [4.78, 5) is 29.6. The Morgan fingerprint density at radius 3 is 2.30 bits per heavy atom. The van der Waals surface area contributed by atoms with Crippen LogP contribution in [0.5, 0.6) is 11.5 Å². The number of aliphatic imine (C=N–C) groups is 1. The fraction of sp³-hybridized carbons (Fsp3) is 0.458. The number of rotatable bonds is 15. The van der Waals surface area contributed by atoms with Gasteiger partial charge in [-0.05, 0) is 54.3 Å². The smallest absolute Gasteiger partial charge is 0.323 e. The Bertz CT molecular complexity index is 1230. The summed E-state index contributed by atoms with van der Waals surface area (Å²) in [6.07, 6.45) is 1.66. The van der Waals surface area contributed by atoms with Gasteiger partial charge in [-0.3, -0.25) is 14.6 Å². The number of benzene rings is 2. The van der Waals surface area contributed by atoms with E-state index in [1.165, 1.54) is 26.4 Å². The number of nitrogens with two attached hydrogens (primary N) is 2. The van der Waals surface area contributed by atoms with Gasteiger partial charge in [-0.2, -0.15) is 4.72 Å². The Labute approximate surface area is 216 Å². The number of methoxy groups -OCH3 is 2. The molecule has 204 valence electrons. The van der Waals surface area contributed by atoms with Crippen LogP contribution in [0.3, 0.4) is 0 Å². The van der Waals surface area contributed by atoms with Crippen LogP contribution >= 0.6 is 0 Å². The van der Waals surface area contributed by atoms with Gasteiger partial charge in [0.2, 0.25) is 15.9 Å². The number of nitrogens with one attached hydrogen (secondary N) is 1. The van der Waals surface area contributed by atoms with E-state index in [9.17, 15) is 23.1 Å². The van der Waals surface area contributed by atoms with E-state index in [4.69, 9.17) is 20.9 Å². The third-order valence-corrected chi connectivity index (χ3v) is 7.05. The van der Waals surface area contributed by atoms with Crippen molar-refractivity contribution in [1.29, 1.82) is 0 Å². The fourth-order valence-electron chi connectivity index (χ4n) is 3.71. The molecule has 1 atom stereocenters. The second kappa shape index (κ2) is 13.7. The van der Waals surface area contributed by atoms with E-state index in [2.05, 4.69) is 9.71 Å². The van der Waals surface area contributed by atoms with Crippen LogP contribution in [0.15, 0.2) is 40.2 Å². The van der Waals surface area contributed by atoms with Gasteiger partial charge in [-0.15, -0.1) is 0 Å². The van der Waals surface area contributed by atoms with Crippen molar-refractivity contribution in [2.45, 2.75) is 43.5 Å². The molecule has 12 nitrogen and oxygen atoms in total. The van der Waals surface area contributed by atoms with Gasteiger partial charge in [0.1, 0.15) is 12.6 Å². The van der Waals surface area contributed by atoms with Crippen molar-refractivity contribution in [2.24, 2.45) is 16.5 Å². The molecule has 0 saturated heterocycles. The molecule has 0 fully saturated rings. The summed E-state index contributed by atoms with van der Waals surface area (Å²) >= 11 is 0. The lowest BCUT2D eigenvalue weighted by atomic mass is 10.1. The summed E-state index contributed by atoms with van der Waals surface area (Å²) in [5.74, 6) is -1.00. The molecule has 0 aliphatic carbocycles. The van der Waals surface area contributed by atoms with Crippen molar-refractivity contribution in [3.63, 3.8) is 0 Å². The molecule has 0 aliphatic heterocycles. The van der Waals surface area contributed by atoms with Gasteiger partial charge < -0.3 is 30.9 Å². The molecule has 0 heterocycles. The first-order chi connectivity index (χ1) is 17.5. The van der Waals surface area contributed by atoms with Crippen LogP contribution in [0, 0.1) is 0 Å². The standard InChI is InChI=1S/C24H35N5O7S/c1-4-5-11-29(15-22(30)31)23(32)19(7-6-10-27-24(25)26)28-37(33,34)18-9-8-16-13-20(35-2)21(36-3)14-17(16)12-18/h8-9,12-14,19,28H,4-7,10-11,15H2,1-3H3,(H,30,31)(H4,25,26,27)/t19-/m0/s1. The van der Waals surface area contributed by atoms with Gasteiger partial charge in [0.15, 0.2) is 17.5 Å². The molecule has 0 radical (unpaired) electrons. The predicted octanol–water partition coefficient (Wildman–Crippen LogP) is 1.27. The van der Waals surface area contributed by atoms with Crippen molar-refractivity contribution < 1.29 is 32.6 Å². The highest BCUT2D eigenvalue weighted by atomic mass is 32.2. The summed E-state index contributed by atoms with van der Waals surface area (Å²) in [6.45, 7) is 1.73. The number of carboxylic acids is 1. The number of carboxylic acid groups (broad SMARTS) is 1. The quantitative estimate of drug-likeness (QED) is 0.147. The minimum absolute atomic E-state index is 0.0624. The van der Waals surface area contributed by atoms with E-state index < -0.39 is 34.5 Å². The van der Waals surface area contributed by atoms with Crippen molar-refractivity contribution >= 4 is 38.6 Å². The Morgan fingerprint density at radius 2 is 1.73 bits per heavy atom. The Balaban J connectivity index is 2.39. The van der Waals surface area contributed by atoms with Crippen LogP contribution in [-0.4, -0.2) is 76.2 Å². The second-order valence-corrected chi connectivity index (χ2v) is 10.1. The monoisotopic (exact) mass is 537 g/mol. The Kier molecular flexibility index (Phi) is 10.9. The predicted molar refractivity (Wildman–Crippen MR) is 140 cm³/mol. The van der Waals surface area contributed by atoms with Crippen LogP contribution in [-0.2, 0) is 19.6 Å². The number of ether oxygens (including phenoxy) is 2. The lowest BCUT2D eigenvalue weighted by molar-refractivity contribution is -0.145. The zero-order chi connectivity index (χ0) is 27.6. The normalized spacial score (nSPS) is 12.1. The third-order valence-electron chi connectivity index (χ3n) is 5.58. The average molecular weight is 538 g/mol. The maximum absolute atomic E-state index is 13.3. The van der Waals surface area contributed by atoms with E-state index in [-0.39, 0.29) is 30.4 Å². The van der Waals surface area contributed by atoms with E-state index in [1.54, 1.807) is 18.2 Å². The lowest BCUT2D eigenvalue weighted by Gasteiger charge is -2.26. The molecular formula is C24H35N5O7S. The third kappa shape index (κ3) is 8.50. The minimum atomic E-state index is -4.17. The molecule has 2 rings (SSSR count). The number of fused-ring (bicyclic) bond motifs is 1. The van der Waals surface area contributed by atoms with Crippen molar-refractivity contribution in [2.75, 3.05) is 33.9 Å². The number of amides is 1. The fourth-order valence-corrected chi connectivity index (χ4v) is 4.97. The maximum Gasteiger partial charge on any atom is 0.323 e. The Morgan fingerprint density at radius 1 is 1.08 bits per heavy atom. The van der Waals surface area contributed by atoms with E-state index in [0.717, 1.165) is 16.7 Å². The molecule has 0 aliphatic rings. The van der Waals surface area contributed by atoms with Gasteiger partial charge in [0.05, 0.1) is 19.1 Å². The van der Waals surface area contributed by atoms with E-state index in [1.807, 2.05) is 6.92 Å². The lowest BCUT2D eigenvalue weighted by Crippen LogP contribution is -2.50. The Hall–Kier alpha value is -3.58. The van der Waals surface area contributed by atoms with Crippen molar-refractivity contribution in [1.82, 2.24) is 9.62 Å². The number of hydrogen-bond donors (Lipinski definition) is 4. The summed E-state index contributed by atoms with van der Waals surface area (Å²) in [6, 6.07) is 6.68. The van der Waals surface area contributed by atoms with Crippen LogP contribution in [0.2, 0.25) is 0 Å². The SMILES string of the molecule is CCCCN(CC(=O)O)C(=O)[C@H](CCCN=C(N)N)NS(=O)(=O)c1ccc2cc(OC)c(OC)cc2c1. The molecule has 1 amide bonds. The first kappa shape index (κ1) is 29.6. The molecule has 0 aromatic heterocycles. The largest absolute Gasteiger partial charge is 0.493 e. The summed E-state index contributed by atoms with van der Waals surface area (Å²) in [5, 5.41) is 10.6. The number of unbranched alkanes of at least 4 members (excludes halogenated alkanes) is 1. The summed E-state index contributed by atoms with van der Waals surface area (Å²) < 4.78 is 39.8. The van der Waals surface area contributed by atoms with Gasteiger partial charge in [-0.25, -0.2) is 8.42 Å². The van der Waals surface area contributed by atoms with Gasteiger partial charge in [0.25, 0.3) is 0 Å². The van der Waals surface area contributed by atoms with Crippen LogP contribution in [0.4, 0.5) is 0 Å². The molecule has 37 heavy (non-hydrogen) atoms. The number of carbonyl (C=O) groups is 2. The van der Waals surface area contributed by atoms with Crippen LogP contribution in [0.25, 0.3) is 10.8 Å². The zero-order valence-electron chi connectivity index (χ0n) is 21.3. The van der Waals surface area contributed by atoms with Gasteiger partial charge in [-0.1, -0.05) is 19.4 Å². The molecular weight excluding hydrogens is 502 g/mol. The highest BCUT2D eigenvalue weighted by Crippen LogP contribution is 2.33. The molecule has 2 aromatic carbocycles. The highest BCUT2D eigenvalue weighted by Gasteiger charge is 2.30. The molecule has 13 heteroatoms. The number of hydrogen-bond acceptors (Lipinski definition) is 7. The number of nitrogens with zero attached hydrogens (tertiary/aromatic N) is 2. The van der Waals surface area contributed by atoms with E-state index >= 15 is 0 Å². The number of sulfonamides is 1. The molecule has 0 spiro atoms. The molecule has 6 N–H and O–H groups in total. The van der Waals surface area contributed by atoms with Crippen molar-refractivity contribution in [3.05, 3.63) is 30.3 Å². The van der Waals surface area contributed by atoms with E-state index in [0.29, 0.717) is 29.7 Å². The average Bonchev–Trinajstić information content (AvgIpc) is 2.86. The minimum Gasteiger partial charge on any atom is -0.493 e. The van der Waals surface area contributed by atoms with Crippen molar-refractivity contribution in [3.8, 4) is 11.5 Å². The van der Waals surface area contributed by atoms with Gasteiger partial charge in [0, 0.05) is 13.1 Å². The topological polar surface area (TPSA) is 187 Å². The zero-order valence-corrected chi connectivity index (χ0v) is 22.1.